The summed E-state index contributed by atoms with van der Waals surface area (Å²) >= 11 is 3.27. The Bertz CT molecular complexity index is 686. The van der Waals surface area contributed by atoms with Crippen LogP contribution in [-0.4, -0.2) is 58.9 Å². The summed E-state index contributed by atoms with van der Waals surface area (Å²) in [6, 6.07) is 4.00. The van der Waals surface area contributed by atoms with Gasteiger partial charge in [0.15, 0.2) is 5.65 Å². The zero-order valence-corrected chi connectivity index (χ0v) is 12.9. The second kappa shape index (κ2) is 5.95. The molecule has 3 heterocycles. The van der Waals surface area contributed by atoms with E-state index in [1.54, 1.807) is 10.7 Å². The molecule has 21 heavy (non-hydrogen) atoms. The second-order valence-electron chi connectivity index (χ2n) is 4.85. The van der Waals surface area contributed by atoms with Crippen LogP contribution in [-0.2, 0) is 0 Å². The lowest BCUT2D eigenvalue weighted by Gasteiger charge is -2.34. The molecule has 0 aliphatic carbocycles. The standard InChI is InChI=1S/C13H14BrFN6/c14-12-10(9-16)13-17-11(1-3-21(13)18-12)20-7-5-19(4-2-15)6-8-20/h1,3H,2,4-8H2. The predicted molar refractivity (Wildman–Crippen MR) is 80.0 cm³/mol. The van der Waals surface area contributed by atoms with Gasteiger partial charge in [0.05, 0.1) is 0 Å². The summed E-state index contributed by atoms with van der Waals surface area (Å²) in [5.41, 5.74) is 0.987. The molecule has 0 unspecified atom stereocenters. The van der Waals surface area contributed by atoms with E-state index in [0.717, 1.165) is 32.0 Å². The molecule has 0 spiro atoms. The molecule has 2 aromatic heterocycles. The van der Waals surface area contributed by atoms with E-state index in [2.05, 4.69) is 41.9 Å². The van der Waals surface area contributed by atoms with Gasteiger partial charge in [-0.25, -0.2) is 13.9 Å². The van der Waals surface area contributed by atoms with Crippen LogP contribution in [0.15, 0.2) is 16.9 Å². The monoisotopic (exact) mass is 352 g/mol. The van der Waals surface area contributed by atoms with Gasteiger partial charge in [-0.2, -0.15) is 10.4 Å². The number of halogens is 2. The summed E-state index contributed by atoms with van der Waals surface area (Å²) in [6.07, 6.45) is 1.80. The Balaban J connectivity index is 1.84. The average Bonchev–Trinajstić information content (AvgIpc) is 2.82. The molecule has 6 nitrogen and oxygen atoms in total. The predicted octanol–water partition coefficient (Wildman–Crippen LogP) is 1.45. The number of nitriles is 1. The Kier molecular flexibility index (Phi) is 4.03. The van der Waals surface area contributed by atoms with E-state index in [4.69, 9.17) is 0 Å². The first-order valence-corrected chi connectivity index (χ1v) is 7.50. The summed E-state index contributed by atoms with van der Waals surface area (Å²) in [5, 5.41) is 13.4. The maximum absolute atomic E-state index is 12.3. The lowest BCUT2D eigenvalue weighted by molar-refractivity contribution is 0.235. The average molecular weight is 353 g/mol. The van der Waals surface area contributed by atoms with Gasteiger partial charge in [-0.1, -0.05) is 0 Å². The van der Waals surface area contributed by atoms with Crippen molar-refractivity contribution in [3.63, 3.8) is 0 Å². The van der Waals surface area contributed by atoms with Crippen LogP contribution in [0, 0.1) is 11.3 Å². The molecule has 0 atom stereocenters. The van der Waals surface area contributed by atoms with Crippen LogP contribution in [0.2, 0.25) is 0 Å². The van der Waals surface area contributed by atoms with Crippen molar-refractivity contribution in [1.29, 1.82) is 5.26 Å². The van der Waals surface area contributed by atoms with Gasteiger partial charge in [0.25, 0.3) is 0 Å². The van der Waals surface area contributed by atoms with E-state index in [0.29, 0.717) is 22.4 Å². The Morgan fingerprint density at radius 2 is 2.10 bits per heavy atom. The van der Waals surface area contributed by atoms with Crippen molar-refractivity contribution in [1.82, 2.24) is 19.5 Å². The van der Waals surface area contributed by atoms with Crippen LogP contribution in [0.3, 0.4) is 0 Å². The summed E-state index contributed by atoms with van der Waals surface area (Å²) in [6.45, 7) is 3.45. The minimum Gasteiger partial charge on any atom is -0.354 e. The normalized spacial score (nSPS) is 16.3. The summed E-state index contributed by atoms with van der Waals surface area (Å²) in [7, 11) is 0. The molecule has 1 aliphatic heterocycles. The highest BCUT2D eigenvalue weighted by molar-refractivity contribution is 9.10. The molecule has 0 saturated carbocycles. The quantitative estimate of drug-likeness (QED) is 0.836. The highest BCUT2D eigenvalue weighted by Gasteiger charge is 2.19. The first kappa shape index (κ1) is 14.2. The third-order valence-corrected chi connectivity index (χ3v) is 4.19. The van der Waals surface area contributed by atoms with Crippen molar-refractivity contribution < 1.29 is 4.39 Å². The van der Waals surface area contributed by atoms with Gasteiger partial charge in [0.1, 0.15) is 28.7 Å². The molecule has 3 rings (SSSR count). The van der Waals surface area contributed by atoms with Gasteiger partial charge in [-0.3, -0.25) is 4.90 Å². The maximum atomic E-state index is 12.3. The van der Waals surface area contributed by atoms with Crippen LogP contribution in [0.1, 0.15) is 5.56 Å². The number of fused-ring (bicyclic) bond motifs is 1. The molecule has 1 aliphatic rings. The first-order chi connectivity index (χ1) is 10.2. The molecular weight excluding hydrogens is 339 g/mol. The third kappa shape index (κ3) is 2.71. The molecule has 0 aromatic carbocycles. The van der Waals surface area contributed by atoms with Gasteiger partial charge in [0, 0.05) is 38.9 Å². The third-order valence-electron chi connectivity index (χ3n) is 3.64. The minimum absolute atomic E-state index is 0.306. The highest BCUT2D eigenvalue weighted by atomic mass is 79.9. The lowest BCUT2D eigenvalue weighted by atomic mass is 10.3. The Hall–Kier alpha value is -1.72. The van der Waals surface area contributed by atoms with Crippen molar-refractivity contribution in [2.45, 2.75) is 0 Å². The molecule has 0 bridgehead atoms. The molecule has 1 saturated heterocycles. The van der Waals surface area contributed by atoms with Crippen molar-refractivity contribution in [2.75, 3.05) is 44.3 Å². The topological polar surface area (TPSA) is 60.5 Å². The summed E-state index contributed by atoms with van der Waals surface area (Å²) < 4.78 is 14.4. The fraction of sp³-hybridized carbons (Fsp3) is 0.462. The van der Waals surface area contributed by atoms with Crippen LogP contribution in [0.4, 0.5) is 10.2 Å². The number of piperazine rings is 1. The molecule has 0 radical (unpaired) electrons. The van der Waals surface area contributed by atoms with Gasteiger partial charge in [-0.05, 0) is 22.0 Å². The van der Waals surface area contributed by atoms with Crippen LogP contribution in [0.5, 0.6) is 0 Å². The van der Waals surface area contributed by atoms with Crippen LogP contribution >= 0.6 is 15.9 Å². The van der Waals surface area contributed by atoms with E-state index in [9.17, 15) is 9.65 Å². The van der Waals surface area contributed by atoms with E-state index in [-0.39, 0.29) is 6.67 Å². The van der Waals surface area contributed by atoms with Gasteiger partial charge in [0.2, 0.25) is 0 Å². The van der Waals surface area contributed by atoms with Crippen LogP contribution in [0.25, 0.3) is 5.65 Å². The number of nitrogens with zero attached hydrogens (tertiary/aromatic N) is 6. The lowest BCUT2D eigenvalue weighted by Crippen LogP contribution is -2.47. The Morgan fingerprint density at radius 1 is 1.33 bits per heavy atom. The zero-order valence-electron chi connectivity index (χ0n) is 11.3. The molecule has 2 aromatic rings. The van der Waals surface area contributed by atoms with E-state index in [1.165, 1.54) is 0 Å². The molecule has 110 valence electrons. The first-order valence-electron chi connectivity index (χ1n) is 6.71. The summed E-state index contributed by atoms with van der Waals surface area (Å²) in [5.74, 6) is 0.825. The molecular formula is C13H14BrFN6. The Morgan fingerprint density at radius 3 is 2.76 bits per heavy atom. The number of alkyl halides is 1. The smallest absolute Gasteiger partial charge is 0.176 e. The van der Waals surface area contributed by atoms with E-state index < -0.39 is 0 Å². The summed E-state index contributed by atoms with van der Waals surface area (Å²) in [4.78, 5) is 8.79. The van der Waals surface area contributed by atoms with Crippen molar-refractivity contribution >= 4 is 27.4 Å². The fourth-order valence-corrected chi connectivity index (χ4v) is 2.92. The maximum Gasteiger partial charge on any atom is 0.176 e. The molecule has 0 N–H and O–H groups in total. The number of aromatic nitrogens is 3. The van der Waals surface area contributed by atoms with E-state index >= 15 is 0 Å². The van der Waals surface area contributed by atoms with Crippen molar-refractivity contribution in [3.8, 4) is 6.07 Å². The van der Waals surface area contributed by atoms with E-state index in [1.807, 2.05) is 6.07 Å². The van der Waals surface area contributed by atoms with Crippen molar-refractivity contribution in [2.24, 2.45) is 0 Å². The number of hydrogen-bond acceptors (Lipinski definition) is 5. The minimum atomic E-state index is -0.306. The van der Waals surface area contributed by atoms with Crippen molar-refractivity contribution in [3.05, 3.63) is 22.4 Å². The number of rotatable bonds is 3. The van der Waals surface area contributed by atoms with Gasteiger partial charge in [-0.15, -0.1) is 0 Å². The largest absolute Gasteiger partial charge is 0.354 e. The molecule has 1 fully saturated rings. The second-order valence-corrected chi connectivity index (χ2v) is 5.60. The zero-order chi connectivity index (χ0) is 14.8. The van der Waals surface area contributed by atoms with Crippen LogP contribution < -0.4 is 4.90 Å². The fourth-order valence-electron chi connectivity index (χ4n) is 2.49. The highest BCUT2D eigenvalue weighted by Crippen LogP contribution is 2.21. The molecule has 8 heteroatoms. The number of hydrogen-bond donors (Lipinski definition) is 0. The molecule has 0 amide bonds. The SMILES string of the molecule is N#Cc1c(Br)nn2ccc(N3CCN(CCF)CC3)nc12. The van der Waals surface area contributed by atoms with Gasteiger partial charge < -0.3 is 4.90 Å². The number of anilines is 1. The Labute approximate surface area is 129 Å². The van der Waals surface area contributed by atoms with Gasteiger partial charge >= 0.3 is 0 Å².